The van der Waals surface area contributed by atoms with Crippen molar-refractivity contribution in [3.8, 4) is 0 Å². The van der Waals surface area contributed by atoms with Crippen LogP contribution in [0.15, 0.2) is 34.8 Å². The number of hydrogen-bond acceptors (Lipinski definition) is 13. The van der Waals surface area contributed by atoms with E-state index in [0.29, 0.717) is 29.6 Å². The van der Waals surface area contributed by atoms with E-state index in [1.165, 1.54) is 18.7 Å². The fourth-order valence-corrected chi connectivity index (χ4v) is 7.92. The van der Waals surface area contributed by atoms with Crippen molar-refractivity contribution in [3.05, 3.63) is 39.6 Å². The summed E-state index contributed by atoms with van der Waals surface area (Å²) in [5.41, 5.74) is 13.1. The molecule has 8 N–H and O–H groups in total. The van der Waals surface area contributed by atoms with Crippen LogP contribution in [0.5, 0.6) is 0 Å². The van der Waals surface area contributed by atoms with Gasteiger partial charge in [-0.2, -0.15) is 0 Å². The molecule has 6 heterocycles. The first-order valence-corrected chi connectivity index (χ1v) is 16.6. The highest BCUT2D eigenvalue weighted by molar-refractivity contribution is 8.00. The Morgan fingerprint density at radius 2 is 2.11 bits per heavy atom. The molecule has 0 spiro atoms. The minimum absolute atomic E-state index is 0.00743. The molecule has 3 aliphatic rings. The van der Waals surface area contributed by atoms with Crippen LogP contribution >= 0.6 is 34.7 Å². The van der Waals surface area contributed by atoms with Crippen LogP contribution in [0, 0.1) is 5.92 Å². The summed E-state index contributed by atoms with van der Waals surface area (Å²) >= 11 is 8.32. The molecule has 248 valence electrons. The van der Waals surface area contributed by atoms with E-state index < -0.39 is 47.0 Å². The largest absolute Gasteiger partial charge is 0.478 e. The molecule has 2 amide bonds. The molecule has 0 bridgehead atoms. The molecule has 0 saturated carbocycles. The van der Waals surface area contributed by atoms with Gasteiger partial charge >= 0.3 is 23.5 Å². The molecule has 20 heteroatoms. The van der Waals surface area contributed by atoms with Crippen LogP contribution in [0.4, 0.5) is 11.1 Å². The number of β-lactam (4-membered cyclic amide) rings is 1. The van der Waals surface area contributed by atoms with Crippen molar-refractivity contribution in [1.82, 2.24) is 30.1 Å². The Kier molecular flexibility index (Phi) is 8.97. The first-order chi connectivity index (χ1) is 22.4. The first-order valence-electron chi connectivity index (χ1n) is 14.4. The van der Waals surface area contributed by atoms with Crippen molar-refractivity contribution in [2.75, 3.05) is 30.3 Å². The monoisotopic (exact) mass is 705 g/mol. The number of thiazole rings is 1. The number of nitrogen functional groups attached to an aromatic ring is 2. The molecule has 17 nitrogen and oxygen atoms in total. The van der Waals surface area contributed by atoms with Gasteiger partial charge in [0.05, 0.1) is 6.20 Å². The number of carbonyl (C=O) groups is 4. The molecule has 6 rings (SSSR count). The fraction of sp³-hybridized carbons (Fsp3) is 0.407. The number of aromatic nitrogens is 4. The minimum atomic E-state index is -1.41. The number of amides is 2. The van der Waals surface area contributed by atoms with Crippen LogP contribution in [0.2, 0.25) is 4.34 Å². The average molecular weight is 706 g/mol. The summed E-state index contributed by atoms with van der Waals surface area (Å²) in [7, 11) is 0. The second kappa shape index (κ2) is 13.0. The maximum atomic E-state index is 13.4. The van der Waals surface area contributed by atoms with Gasteiger partial charge in [0.25, 0.3) is 11.8 Å². The molecule has 4 atom stereocenters. The van der Waals surface area contributed by atoms with Crippen LogP contribution in [0.3, 0.4) is 0 Å². The van der Waals surface area contributed by atoms with E-state index in [-0.39, 0.29) is 33.2 Å². The van der Waals surface area contributed by atoms with Crippen molar-refractivity contribution < 1.29 is 38.8 Å². The number of aliphatic carboxylic acids is 2. The van der Waals surface area contributed by atoms with E-state index in [2.05, 4.69) is 25.8 Å². The number of rotatable bonds is 11. The van der Waals surface area contributed by atoms with E-state index in [1.807, 2.05) is 21.3 Å². The van der Waals surface area contributed by atoms with Crippen molar-refractivity contribution in [2.24, 2.45) is 11.1 Å². The summed E-state index contributed by atoms with van der Waals surface area (Å²) < 4.78 is 3.76. The van der Waals surface area contributed by atoms with Gasteiger partial charge in [-0.3, -0.25) is 19.1 Å². The zero-order chi connectivity index (χ0) is 33.6. The zero-order valence-corrected chi connectivity index (χ0v) is 27.1. The highest BCUT2D eigenvalue weighted by Gasteiger charge is 2.54. The molecule has 2 unspecified atom stereocenters. The summed E-state index contributed by atoms with van der Waals surface area (Å²) in [4.78, 5) is 65.2. The molecule has 0 aromatic carbocycles. The number of imidazole rings is 1. The molecule has 2 fully saturated rings. The number of carboxylic acid groups (broad SMARTS) is 2. The molecular formula is C27H30ClN10O7S2+. The van der Waals surface area contributed by atoms with Crippen LogP contribution in [-0.4, -0.2) is 95.5 Å². The van der Waals surface area contributed by atoms with Gasteiger partial charge in [0.1, 0.15) is 39.2 Å². The van der Waals surface area contributed by atoms with Crippen LogP contribution < -0.4 is 26.7 Å². The number of pyridine rings is 1. The summed E-state index contributed by atoms with van der Waals surface area (Å²) in [5.74, 6) is -3.21. The maximum Gasteiger partial charge on any atom is 0.352 e. The third kappa shape index (κ3) is 6.18. The normalized spacial score (nSPS) is 21.8. The molecule has 3 aromatic heterocycles. The number of nitrogens with one attached hydrogen (secondary N) is 2. The van der Waals surface area contributed by atoms with E-state index in [4.69, 9.17) is 33.0 Å². The summed E-state index contributed by atoms with van der Waals surface area (Å²) in [5, 5.41) is 28.2. The van der Waals surface area contributed by atoms with Gasteiger partial charge < -0.3 is 37.2 Å². The predicted octanol–water partition coefficient (Wildman–Crippen LogP) is -0.160. The average Bonchev–Trinajstić information content (AvgIpc) is 3.75. The van der Waals surface area contributed by atoms with Crippen LogP contribution in [0.25, 0.3) is 11.2 Å². The lowest BCUT2D eigenvalue weighted by Crippen LogP contribution is -2.71. The Hall–Kier alpha value is -4.46. The smallest absolute Gasteiger partial charge is 0.352 e. The number of oxime groups is 1. The van der Waals surface area contributed by atoms with E-state index in [9.17, 15) is 24.3 Å². The number of carbonyl (C=O) groups excluding carboxylic acids is 2. The Balaban J connectivity index is 1.23. The summed E-state index contributed by atoms with van der Waals surface area (Å²) in [6.07, 6.45) is 1.40. The number of thioether (sulfide) groups is 1. The fourth-order valence-electron chi connectivity index (χ4n) is 5.66. The number of anilines is 2. The first kappa shape index (κ1) is 32.5. The van der Waals surface area contributed by atoms with E-state index in [1.54, 1.807) is 6.20 Å². The summed E-state index contributed by atoms with van der Waals surface area (Å²) in [6, 6.07) is 2.63. The van der Waals surface area contributed by atoms with Gasteiger partial charge in [-0.1, -0.05) is 28.1 Å². The van der Waals surface area contributed by atoms with Crippen molar-refractivity contribution in [1.29, 1.82) is 0 Å². The number of nitrogens with zero attached hydrogens (tertiary/aromatic N) is 6. The third-order valence-corrected chi connectivity index (χ3v) is 10.4. The van der Waals surface area contributed by atoms with Crippen molar-refractivity contribution in [2.45, 2.75) is 44.0 Å². The highest BCUT2D eigenvalue weighted by Crippen LogP contribution is 2.40. The molecule has 3 aromatic rings. The predicted molar refractivity (Wildman–Crippen MR) is 171 cm³/mol. The minimum Gasteiger partial charge on any atom is -0.478 e. The maximum absolute atomic E-state index is 13.4. The summed E-state index contributed by atoms with van der Waals surface area (Å²) in [6.45, 7) is 3.89. The quantitative estimate of drug-likeness (QED) is 0.0658. The molecular weight excluding hydrogens is 676 g/mol. The molecule has 0 aliphatic carbocycles. The Morgan fingerprint density at radius 1 is 1.32 bits per heavy atom. The molecule has 3 aliphatic heterocycles. The number of nitrogens with two attached hydrogens (primary N) is 2. The van der Waals surface area contributed by atoms with Gasteiger partial charge in [0.15, 0.2) is 10.8 Å². The Bertz CT molecular complexity index is 1850. The lowest BCUT2D eigenvalue weighted by Gasteiger charge is -2.49. The third-order valence-electron chi connectivity index (χ3n) is 8.00. The molecule has 47 heavy (non-hydrogen) atoms. The number of halogens is 1. The SMILES string of the molecule is C[C@H](ON=C(C(=O)NC1C(=O)N2C(C(=O)O)=C(C[n+]3cccc4c3nc(N)n4CC3CCNC3)CS[C@H]12)c1nc(N)sc1Cl)C(=O)O. The molecule has 0 radical (unpaired) electrons. The Labute approximate surface area is 279 Å². The second-order valence-electron chi connectivity index (χ2n) is 11.1. The topological polar surface area (TPSA) is 244 Å². The second-order valence-corrected chi connectivity index (χ2v) is 13.8. The van der Waals surface area contributed by atoms with E-state index >= 15 is 0 Å². The zero-order valence-electron chi connectivity index (χ0n) is 24.8. The number of fused-ring (bicyclic) bond motifs is 2. The number of carboxylic acids is 2. The standard InChI is InChI=1S/C27H29ClN10O7S2/c1-11(24(41)42)45-35-16(15-19(28)47-27(30)33-15)21(39)32-17-22(40)38-18(25(43)44)13(10-46-23(17)38)9-36-6-2-3-14-20(36)34-26(29)37(14)8-12-4-5-31-7-12/h2-3,6,11-12,17,23,29,31H,4-5,7-10H2,1H3,(H5,30,32,33,39,41,42,43,44)/p+1/t11-,12?,17?,23+/m0/s1. The van der Waals surface area contributed by atoms with Gasteiger partial charge in [0.2, 0.25) is 6.10 Å². The molecule has 2 saturated heterocycles. The van der Waals surface area contributed by atoms with Crippen LogP contribution in [-0.2, 0) is 37.1 Å². The lowest BCUT2D eigenvalue weighted by atomic mass is 10.0. The van der Waals surface area contributed by atoms with Crippen LogP contribution in [0.1, 0.15) is 19.0 Å². The number of hydrogen-bond donors (Lipinski definition) is 6. The highest BCUT2D eigenvalue weighted by atomic mass is 35.5. The van der Waals surface area contributed by atoms with Gasteiger partial charge in [-0.15, -0.1) is 11.8 Å². The van der Waals surface area contributed by atoms with E-state index in [0.717, 1.165) is 41.3 Å². The Morgan fingerprint density at radius 3 is 2.77 bits per heavy atom. The van der Waals surface area contributed by atoms with Crippen molar-refractivity contribution in [3.63, 3.8) is 0 Å². The van der Waals surface area contributed by atoms with Crippen molar-refractivity contribution >= 4 is 86.4 Å². The van der Waals surface area contributed by atoms with Gasteiger partial charge in [-0.05, 0) is 49.5 Å². The lowest BCUT2D eigenvalue weighted by molar-refractivity contribution is -0.664. The van der Waals surface area contributed by atoms with Gasteiger partial charge in [-0.25, -0.2) is 19.1 Å². The van der Waals surface area contributed by atoms with Gasteiger partial charge in [0, 0.05) is 17.9 Å².